The fourth-order valence-corrected chi connectivity index (χ4v) is 3.26. The van der Waals surface area contributed by atoms with E-state index >= 15 is 0 Å². The van der Waals surface area contributed by atoms with Gasteiger partial charge in [0.2, 0.25) is 10.0 Å². The summed E-state index contributed by atoms with van der Waals surface area (Å²) >= 11 is 11.7. The summed E-state index contributed by atoms with van der Waals surface area (Å²) in [6.07, 6.45) is 0. The summed E-state index contributed by atoms with van der Waals surface area (Å²) in [4.78, 5) is 10.5. The zero-order valence-electron chi connectivity index (χ0n) is 11.4. The Morgan fingerprint density at radius 2 is 1.87 bits per heavy atom. The lowest BCUT2D eigenvalue weighted by Crippen LogP contribution is -2.23. The zero-order chi connectivity index (χ0) is 17.2. The third-order valence-electron chi connectivity index (χ3n) is 2.95. The first-order chi connectivity index (χ1) is 10.7. The molecule has 0 aliphatic heterocycles. The fraction of sp³-hybridized carbons (Fsp3) is 0.0714. The lowest BCUT2D eigenvalue weighted by Gasteiger charge is -2.09. The van der Waals surface area contributed by atoms with Crippen LogP contribution in [-0.2, 0) is 16.6 Å². The number of hydrogen-bond donors (Lipinski definition) is 2. The SMILES string of the molecule is O=C(O)c1cc(S(=O)(=O)NCc2ccc(Cl)cc2Cl)ccc1F. The molecule has 0 fully saturated rings. The molecule has 0 bridgehead atoms. The quantitative estimate of drug-likeness (QED) is 0.836. The summed E-state index contributed by atoms with van der Waals surface area (Å²) < 4.78 is 39.9. The first-order valence-electron chi connectivity index (χ1n) is 6.17. The Labute approximate surface area is 141 Å². The summed E-state index contributed by atoms with van der Waals surface area (Å²) in [6.45, 7) is -0.127. The van der Waals surface area contributed by atoms with Crippen LogP contribution in [0.1, 0.15) is 15.9 Å². The molecule has 0 saturated carbocycles. The van der Waals surface area contributed by atoms with Crippen LogP contribution in [0, 0.1) is 5.82 Å². The van der Waals surface area contributed by atoms with Gasteiger partial charge in [0.1, 0.15) is 5.82 Å². The zero-order valence-corrected chi connectivity index (χ0v) is 13.7. The summed E-state index contributed by atoms with van der Waals surface area (Å²) in [6, 6.07) is 7.09. The topological polar surface area (TPSA) is 83.5 Å². The van der Waals surface area contributed by atoms with E-state index in [4.69, 9.17) is 28.3 Å². The Balaban J connectivity index is 2.25. The van der Waals surface area contributed by atoms with Crippen LogP contribution in [0.15, 0.2) is 41.3 Å². The number of benzene rings is 2. The van der Waals surface area contributed by atoms with Crippen molar-refractivity contribution in [3.05, 3.63) is 63.4 Å². The minimum atomic E-state index is -4.03. The number of aromatic carboxylic acids is 1. The van der Waals surface area contributed by atoms with E-state index in [2.05, 4.69) is 4.72 Å². The molecule has 2 N–H and O–H groups in total. The number of halogens is 3. The molecule has 0 heterocycles. The molecule has 122 valence electrons. The second-order valence-electron chi connectivity index (χ2n) is 4.51. The molecule has 2 aromatic carbocycles. The van der Waals surface area contributed by atoms with Crippen LogP contribution < -0.4 is 4.72 Å². The predicted octanol–water partition coefficient (Wildman–Crippen LogP) is 3.31. The van der Waals surface area contributed by atoms with Gasteiger partial charge in [-0.05, 0) is 35.9 Å². The van der Waals surface area contributed by atoms with Crippen molar-refractivity contribution in [1.29, 1.82) is 0 Å². The molecule has 0 aliphatic carbocycles. The second kappa shape index (κ2) is 6.84. The van der Waals surface area contributed by atoms with E-state index in [1.807, 2.05) is 0 Å². The van der Waals surface area contributed by atoms with Gasteiger partial charge in [-0.1, -0.05) is 29.3 Å². The van der Waals surface area contributed by atoms with Gasteiger partial charge in [0, 0.05) is 16.6 Å². The Hall–Kier alpha value is -1.67. The molecule has 23 heavy (non-hydrogen) atoms. The van der Waals surface area contributed by atoms with E-state index in [0.29, 0.717) is 10.6 Å². The molecule has 0 aliphatic rings. The Bertz CT molecular complexity index is 871. The molecule has 0 spiro atoms. The lowest BCUT2D eigenvalue weighted by atomic mass is 10.2. The highest BCUT2D eigenvalue weighted by molar-refractivity contribution is 7.89. The van der Waals surface area contributed by atoms with Crippen LogP contribution >= 0.6 is 23.2 Å². The number of sulfonamides is 1. The molecule has 0 aromatic heterocycles. The van der Waals surface area contributed by atoms with E-state index in [1.165, 1.54) is 6.07 Å². The first kappa shape index (κ1) is 17.7. The third-order valence-corrected chi connectivity index (χ3v) is 4.93. The van der Waals surface area contributed by atoms with Gasteiger partial charge in [-0.2, -0.15) is 0 Å². The molecule has 2 aromatic rings. The molecular weight excluding hydrogens is 368 g/mol. The van der Waals surface area contributed by atoms with E-state index in [1.54, 1.807) is 12.1 Å². The van der Waals surface area contributed by atoms with E-state index in [9.17, 15) is 17.6 Å². The molecule has 0 unspecified atom stereocenters. The minimum absolute atomic E-state index is 0.127. The summed E-state index contributed by atoms with van der Waals surface area (Å²) in [7, 11) is -4.03. The maximum absolute atomic E-state index is 13.3. The smallest absolute Gasteiger partial charge is 0.338 e. The number of nitrogens with one attached hydrogen (secondary N) is 1. The standard InChI is InChI=1S/C14H10Cl2FNO4S/c15-9-2-1-8(12(16)5-9)7-18-23(21,22)10-3-4-13(17)11(6-10)14(19)20/h1-6,18H,7H2,(H,19,20). The van der Waals surface area contributed by atoms with Crippen molar-refractivity contribution in [2.75, 3.05) is 0 Å². The molecule has 0 saturated heterocycles. The lowest BCUT2D eigenvalue weighted by molar-refractivity contribution is 0.0691. The van der Waals surface area contributed by atoms with Crippen LogP contribution in [0.5, 0.6) is 0 Å². The van der Waals surface area contributed by atoms with E-state index < -0.39 is 27.4 Å². The maximum Gasteiger partial charge on any atom is 0.338 e. The fourth-order valence-electron chi connectivity index (χ4n) is 1.76. The van der Waals surface area contributed by atoms with Gasteiger partial charge in [-0.15, -0.1) is 0 Å². The number of carboxylic acids is 1. The number of carbonyl (C=O) groups is 1. The van der Waals surface area contributed by atoms with Crippen molar-refractivity contribution < 1.29 is 22.7 Å². The van der Waals surface area contributed by atoms with Crippen LogP contribution in [0.4, 0.5) is 4.39 Å². The number of hydrogen-bond acceptors (Lipinski definition) is 3. The van der Waals surface area contributed by atoms with Gasteiger partial charge in [-0.25, -0.2) is 22.3 Å². The second-order valence-corrected chi connectivity index (χ2v) is 7.12. The van der Waals surface area contributed by atoms with Crippen molar-refractivity contribution in [2.24, 2.45) is 0 Å². The van der Waals surface area contributed by atoms with Gasteiger partial charge >= 0.3 is 5.97 Å². The largest absolute Gasteiger partial charge is 0.478 e. The highest BCUT2D eigenvalue weighted by Gasteiger charge is 2.19. The van der Waals surface area contributed by atoms with Crippen molar-refractivity contribution in [1.82, 2.24) is 4.72 Å². The molecule has 5 nitrogen and oxygen atoms in total. The molecule has 9 heteroatoms. The Morgan fingerprint density at radius 3 is 2.48 bits per heavy atom. The van der Waals surface area contributed by atoms with Crippen LogP contribution in [0.25, 0.3) is 0 Å². The van der Waals surface area contributed by atoms with Gasteiger partial charge in [-0.3, -0.25) is 0 Å². The maximum atomic E-state index is 13.3. The van der Waals surface area contributed by atoms with Gasteiger partial charge in [0.05, 0.1) is 10.5 Å². The van der Waals surface area contributed by atoms with Crippen LogP contribution in [0.2, 0.25) is 10.0 Å². The van der Waals surface area contributed by atoms with Gasteiger partial charge in [0.15, 0.2) is 0 Å². The summed E-state index contributed by atoms with van der Waals surface area (Å²) in [5.74, 6) is -2.57. The monoisotopic (exact) mass is 377 g/mol. The summed E-state index contributed by atoms with van der Waals surface area (Å²) in [5, 5.41) is 9.53. The number of carboxylic acid groups (broad SMARTS) is 1. The molecule has 2 rings (SSSR count). The Morgan fingerprint density at radius 1 is 1.17 bits per heavy atom. The average Bonchev–Trinajstić information content (AvgIpc) is 2.46. The molecule has 0 amide bonds. The van der Waals surface area contributed by atoms with Crippen molar-refractivity contribution in [2.45, 2.75) is 11.4 Å². The predicted molar refractivity (Wildman–Crippen MR) is 83.8 cm³/mol. The first-order valence-corrected chi connectivity index (χ1v) is 8.41. The summed E-state index contributed by atoms with van der Waals surface area (Å²) in [5.41, 5.74) is -0.238. The van der Waals surface area contributed by atoms with Gasteiger partial charge in [0.25, 0.3) is 0 Å². The third kappa shape index (κ3) is 4.20. The van der Waals surface area contributed by atoms with Crippen molar-refractivity contribution in [3.8, 4) is 0 Å². The average molecular weight is 378 g/mol. The van der Waals surface area contributed by atoms with Crippen LogP contribution in [-0.4, -0.2) is 19.5 Å². The van der Waals surface area contributed by atoms with Crippen molar-refractivity contribution >= 4 is 39.2 Å². The molecular formula is C14H10Cl2FNO4S. The molecule has 0 atom stereocenters. The Kier molecular flexibility index (Phi) is 5.26. The van der Waals surface area contributed by atoms with Gasteiger partial charge < -0.3 is 5.11 Å². The highest BCUT2D eigenvalue weighted by Crippen LogP contribution is 2.22. The van der Waals surface area contributed by atoms with E-state index in [-0.39, 0.29) is 16.5 Å². The van der Waals surface area contributed by atoms with E-state index in [0.717, 1.165) is 18.2 Å². The highest BCUT2D eigenvalue weighted by atomic mass is 35.5. The molecule has 0 radical (unpaired) electrons. The normalized spacial score (nSPS) is 11.4. The minimum Gasteiger partial charge on any atom is -0.478 e. The van der Waals surface area contributed by atoms with Crippen LogP contribution in [0.3, 0.4) is 0 Å². The number of rotatable bonds is 5. The van der Waals surface area contributed by atoms with Crippen molar-refractivity contribution in [3.63, 3.8) is 0 Å².